The van der Waals surface area contributed by atoms with Crippen molar-refractivity contribution in [1.82, 2.24) is 5.16 Å². The van der Waals surface area contributed by atoms with Crippen LogP contribution in [0.15, 0.2) is 28.8 Å². The predicted octanol–water partition coefficient (Wildman–Crippen LogP) is 2.97. The number of hydrogen-bond donors (Lipinski definition) is 1. The Bertz CT molecular complexity index is 606. The Balaban J connectivity index is 2.30. The molecule has 0 fully saturated rings. The van der Waals surface area contributed by atoms with E-state index in [1.54, 1.807) is 19.9 Å². The van der Waals surface area contributed by atoms with Gasteiger partial charge in [0, 0.05) is 11.6 Å². The molecule has 6 heteroatoms. The molecule has 0 aliphatic carbocycles. The smallest absolute Gasteiger partial charge is 0.374 e. The summed E-state index contributed by atoms with van der Waals surface area (Å²) >= 11 is 0. The van der Waals surface area contributed by atoms with E-state index < -0.39 is 11.8 Å². The van der Waals surface area contributed by atoms with Crippen LogP contribution in [0.2, 0.25) is 0 Å². The summed E-state index contributed by atoms with van der Waals surface area (Å²) in [4.78, 5) is 10.7. The summed E-state index contributed by atoms with van der Waals surface area (Å²) in [6.45, 7) is 3.59. The molecule has 0 saturated carbocycles. The molecule has 0 atom stereocenters. The Labute approximate surface area is 108 Å². The Morgan fingerprint density at radius 2 is 2.16 bits per heavy atom. The summed E-state index contributed by atoms with van der Waals surface area (Å²) in [6, 6.07) is 5.52. The number of nitrogens with zero attached hydrogens (tertiary/aromatic N) is 1. The average molecular weight is 265 g/mol. The van der Waals surface area contributed by atoms with Crippen molar-refractivity contribution in [3.8, 4) is 17.0 Å². The predicted molar refractivity (Wildman–Crippen MR) is 64.6 cm³/mol. The quantitative estimate of drug-likeness (QED) is 0.920. The SMILES string of the molecule is CC(C)Oc1ccc(-c2cc(C(=O)O)on2)cc1F. The third-order valence-electron chi connectivity index (χ3n) is 2.31. The van der Waals surface area contributed by atoms with Crippen molar-refractivity contribution in [3.63, 3.8) is 0 Å². The maximum absolute atomic E-state index is 13.8. The lowest BCUT2D eigenvalue weighted by atomic mass is 10.1. The maximum atomic E-state index is 13.8. The standard InChI is InChI=1S/C13H12FNO4/c1-7(2)18-11-4-3-8(5-9(11)14)10-6-12(13(16)17)19-15-10/h3-7H,1-2H3,(H,16,17). The topological polar surface area (TPSA) is 72.6 Å². The van der Waals surface area contributed by atoms with Crippen LogP contribution in [-0.4, -0.2) is 22.3 Å². The fourth-order valence-electron chi connectivity index (χ4n) is 1.52. The summed E-state index contributed by atoms with van der Waals surface area (Å²) in [5.41, 5.74) is 0.678. The summed E-state index contributed by atoms with van der Waals surface area (Å²) < 4.78 is 23.6. The first-order chi connectivity index (χ1) is 8.97. The summed E-state index contributed by atoms with van der Waals surface area (Å²) in [5, 5.41) is 12.3. The van der Waals surface area contributed by atoms with Crippen molar-refractivity contribution in [1.29, 1.82) is 0 Å². The normalized spacial score (nSPS) is 10.7. The molecule has 19 heavy (non-hydrogen) atoms. The van der Waals surface area contributed by atoms with Gasteiger partial charge in [0.15, 0.2) is 11.6 Å². The zero-order valence-electron chi connectivity index (χ0n) is 10.4. The van der Waals surface area contributed by atoms with Gasteiger partial charge in [-0.1, -0.05) is 5.16 Å². The monoisotopic (exact) mass is 265 g/mol. The molecule has 5 nitrogen and oxygen atoms in total. The number of ether oxygens (including phenoxy) is 1. The molecular weight excluding hydrogens is 253 g/mol. The lowest BCUT2D eigenvalue weighted by Gasteiger charge is -2.10. The molecule has 1 heterocycles. The number of carboxylic acid groups (broad SMARTS) is 1. The molecular formula is C13H12FNO4. The van der Waals surface area contributed by atoms with Crippen LogP contribution in [-0.2, 0) is 0 Å². The molecule has 0 aliphatic rings. The largest absolute Gasteiger partial charge is 0.488 e. The van der Waals surface area contributed by atoms with E-state index in [2.05, 4.69) is 9.68 Å². The van der Waals surface area contributed by atoms with E-state index in [0.29, 0.717) is 5.56 Å². The maximum Gasteiger partial charge on any atom is 0.374 e. The number of carbonyl (C=O) groups is 1. The van der Waals surface area contributed by atoms with Gasteiger partial charge in [-0.3, -0.25) is 0 Å². The summed E-state index contributed by atoms with van der Waals surface area (Å²) in [5.74, 6) is -1.91. The second-order valence-corrected chi connectivity index (χ2v) is 4.19. The average Bonchev–Trinajstić information content (AvgIpc) is 2.80. The highest BCUT2D eigenvalue weighted by Gasteiger charge is 2.14. The molecule has 0 bridgehead atoms. The first kappa shape index (κ1) is 13.1. The molecule has 0 unspecified atom stereocenters. The molecule has 1 aromatic heterocycles. The number of hydrogen-bond acceptors (Lipinski definition) is 4. The van der Waals surface area contributed by atoms with Crippen molar-refractivity contribution >= 4 is 5.97 Å². The number of carboxylic acids is 1. The van der Waals surface area contributed by atoms with Crippen LogP contribution in [0.3, 0.4) is 0 Å². The van der Waals surface area contributed by atoms with Gasteiger partial charge in [-0.15, -0.1) is 0 Å². The van der Waals surface area contributed by atoms with E-state index in [1.807, 2.05) is 0 Å². The third-order valence-corrected chi connectivity index (χ3v) is 2.31. The first-order valence-corrected chi connectivity index (χ1v) is 5.64. The highest BCUT2D eigenvalue weighted by molar-refractivity contribution is 5.85. The van der Waals surface area contributed by atoms with Crippen LogP contribution in [0.1, 0.15) is 24.4 Å². The van der Waals surface area contributed by atoms with E-state index in [-0.39, 0.29) is 23.3 Å². The van der Waals surface area contributed by atoms with Crippen LogP contribution in [0.5, 0.6) is 5.75 Å². The lowest BCUT2D eigenvalue weighted by molar-refractivity contribution is 0.0652. The van der Waals surface area contributed by atoms with Gasteiger partial charge < -0.3 is 14.4 Å². The molecule has 2 aromatic rings. The molecule has 0 saturated heterocycles. The van der Waals surface area contributed by atoms with Gasteiger partial charge >= 0.3 is 5.97 Å². The fourth-order valence-corrected chi connectivity index (χ4v) is 1.52. The minimum absolute atomic E-state index is 0.133. The Morgan fingerprint density at radius 1 is 1.42 bits per heavy atom. The number of rotatable bonds is 4. The number of aromatic carboxylic acids is 1. The number of aromatic nitrogens is 1. The molecule has 0 spiro atoms. The van der Waals surface area contributed by atoms with E-state index in [9.17, 15) is 9.18 Å². The molecule has 2 rings (SSSR count). The fraction of sp³-hybridized carbons (Fsp3) is 0.231. The van der Waals surface area contributed by atoms with E-state index >= 15 is 0 Å². The van der Waals surface area contributed by atoms with Gasteiger partial charge in [-0.05, 0) is 32.0 Å². The van der Waals surface area contributed by atoms with E-state index in [1.165, 1.54) is 18.2 Å². The zero-order chi connectivity index (χ0) is 14.0. The lowest BCUT2D eigenvalue weighted by Crippen LogP contribution is -2.06. The molecule has 1 N–H and O–H groups in total. The van der Waals surface area contributed by atoms with Crippen LogP contribution in [0, 0.1) is 5.82 Å². The van der Waals surface area contributed by atoms with Gasteiger partial charge in [0.1, 0.15) is 5.69 Å². The van der Waals surface area contributed by atoms with Crippen molar-refractivity contribution in [2.75, 3.05) is 0 Å². The first-order valence-electron chi connectivity index (χ1n) is 5.64. The van der Waals surface area contributed by atoms with E-state index in [0.717, 1.165) is 0 Å². The Hall–Kier alpha value is -2.37. The summed E-state index contributed by atoms with van der Waals surface area (Å²) in [6.07, 6.45) is -0.133. The zero-order valence-corrected chi connectivity index (χ0v) is 10.4. The number of halogens is 1. The molecule has 100 valence electrons. The highest BCUT2D eigenvalue weighted by atomic mass is 19.1. The third kappa shape index (κ3) is 2.90. The Kier molecular flexibility index (Phi) is 3.50. The van der Waals surface area contributed by atoms with Crippen molar-refractivity contribution in [2.45, 2.75) is 20.0 Å². The minimum atomic E-state index is -1.22. The minimum Gasteiger partial charge on any atom is -0.488 e. The van der Waals surface area contributed by atoms with Crippen LogP contribution in [0.4, 0.5) is 4.39 Å². The van der Waals surface area contributed by atoms with Crippen molar-refractivity contribution in [2.24, 2.45) is 0 Å². The second kappa shape index (κ2) is 5.09. The van der Waals surface area contributed by atoms with Gasteiger partial charge in [0.25, 0.3) is 0 Å². The van der Waals surface area contributed by atoms with Crippen molar-refractivity contribution < 1.29 is 23.6 Å². The molecule has 0 radical (unpaired) electrons. The van der Waals surface area contributed by atoms with Crippen LogP contribution in [0.25, 0.3) is 11.3 Å². The molecule has 1 aromatic carbocycles. The van der Waals surface area contributed by atoms with Crippen LogP contribution >= 0.6 is 0 Å². The number of benzene rings is 1. The van der Waals surface area contributed by atoms with Gasteiger partial charge in [-0.2, -0.15) is 0 Å². The highest BCUT2D eigenvalue weighted by Crippen LogP contribution is 2.26. The molecule has 0 aliphatic heterocycles. The van der Waals surface area contributed by atoms with Gasteiger partial charge in [0.05, 0.1) is 6.10 Å². The van der Waals surface area contributed by atoms with Gasteiger partial charge in [-0.25, -0.2) is 9.18 Å². The summed E-state index contributed by atoms with van der Waals surface area (Å²) in [7, 11) is 0. The van der Waals surface area contributed by atoms with Crippen LogP contribution < -0.4 is 4.74 Å². The molecule has 0 amide bonds. The Morgan fingerprint density at radius 3 is 2.68 bits per heavy atom. The van der Waals surface area contributed by atoms with Gasteiger partial charge in [0.2, 0.25) is 5.76 Å². The van der Waals surface area contributed by atoms with Crippen molar-refractivity contribution in [3.05, 3.63) is 35.8 Å². The van der Waals surface area contributed by atoms with E-state index in [4.69, 9.17) is 9.84 Å². The second-order valence-electron chi connectivity index (χ2n) is 4.19.